The van der Waals surface area contributed by atoms with E-state index in [2.05, 4.69) is 10.6 Å². The maximum atomic E-state index is 11.6. The molecule has 6 heteroatoms. The zero-order chi connectivity index (χ0) is 16.0. The number of hydrogen-bond donors (Lipinski definition) is 3. The highest BCUT2D eigenvalue weighted by molar-refractivity contribution is 5.82. The molecule has 0 aromatic heterocycles. The summed E-state index contributed by atoms with van der Waals surface area (Å²) in [7, 11) is 0. The first-order valence-electron chi connectivity index (χ1n) is 6.75. The summed E-state index contributed by atoms with van der Waals surface area (Å²) in [6.07, 6.45) is 0.553. The fourth-order valence-corrected chi connectivity index (χ4v) is 1.26. The lowest BCUT2D eigenvalue weighted by Crippen LogP contribution is -2.38. The van der Waals surface area contributed by atoms with Crippen molar-refractivity contribution in [2.24, 2.45) is 10.8 Å². The predicted molar refractivity (Wildman–Crippen MR) is 76.1 cm³/mol. The molecular formula is C14H26N2O4. The summed E-state index contributed by atoms with van der Waals surface area (Å²) in [5.41, 5.74) is -1.32. The van der Waals surface area contributed by atoms with E-state index in [1.807, 2.05) is 0 Å². The third kappa shape index (κ3) is 7.11. The minimum Gasteiger partial charge on any atom is -0.481 e. The molecule has 0 bridgehead atoms. The number of carbonyl (C=O) groups excluding carboxylic acids is 2. The molecule has 0 aliphatic rings. The average molecular weight is 286 g/mol. The third-order valence-electron chi connectivity index (χ3n) is 2.97. The molecule has 2 amide bonds. The minimum atomic E-state index is -0.885. The molecule has 0 saturated carbocycles. The van der Waals surface area contributed by atoms with E-state index >= 15 is 0 Å². The fourth-order valence-electron chi connectivity index (χ4n) is 1.26. The van der Waals surface area contributed by atoms with E-state index in [-0.39, 0.29) is 24.8 Å². The van der Waals surface area contributed by atoms with Crippen molar-refractivity contribution in [1.29, 1.82) is 0 Å². The second kappa shape index (κ2) is 7.26. The zero-order valence-corrected chi connectivity index (χ0v) is 13.0. The first-order chi connectivity index (χ1) is 8.97. The Morgan fingerprint density at radius 3 is 1.95 bits per heavy atom. The Balaban J connectivity index is 3.87. The highest BCUT2D eigenvalue weighted by Gasteiger charge is 2.26. The summed E-state index contributed by atoms with van der Waals surface area (Å²) in [5, 5.41) is 14.3. The molecule has 0 aliphatic carbocycles. The summed E-state index contributed by atoms with van der Waals surface area (Å²) >= 11 is 0. The molecular weight excluding hydrogens is 260 g/mol. The zero-order valence-electron chi connectivity index (χ0n) is 13.0. The standard InChI is InChI=1S/C14H26N2O4/c1-13(2,3)11(18)16-8-6-10(17)15-9-7-14(4,5)12(19)20/h6-9H2,1-5H3,(H,15,17)(H,16,18)(H,19,20). The van der Waals surface area contributed by atoms with Crippen molar-refractivity contribution in [3.8, 4) is 0 Å². The van der Waals surface area contributed by atoms with Gasteiger partial charge in [-0.25, -0.2) is 0 Å². The molecule has 0 spiro atoms. The van der Waals surface area contributed by atoms with Crippen molar-refractivity contribution in [2.45, 2.75) is 47.5 Å². The predicted octanol–water partition coefficient (Wildman–Crippen LogP) is 1.16. The maximum absolute atomic E-state index is 11.6. The van der Waals surface area contributed by atoms with Crippen LogP contribution in [-0.4, -0.2) is 36.0 Å². The Labute approximate surface area is 120 Å². The molecule has 0 unspecified atom stereocenters. The van der Waals surface area contributed by atoms with E-state index in [0.717, 1.165) is 0 Å². The van der Waals surface area contributed by atoms with Crippen LogP contribution < -0.4 is 10.6 Å². The molecule has 0 rings (SSSR count). The number of amides is 2. The van der Waals surface area contributed by atoms with Crippen molar-refractivity contribution < 1.29 is 19.5 Å². The first-order valence-corrected chi connectivity index (χ1v) is 6.75. The molecule has 20 heavy (non-hydrogen) atoms. The van der Waals surface area contributed by atoms with E-state index in [1.54, 1.807) is 34.6 Å². The van der Waals surface area contributed by atoms with Crippen molar-refractivity contribution in [3.63, 3.8) is 0 Å². The molecule has 0 aliphatic heterocycles. The molecule has 0 radical (unpaired) electrons. The van der Waals surface area contributed by atoms with Crippen LogP contribution in [0.15, 0.2) is 0 Å². The van der Waals surface area contributed by atoms with Crippen LogP contribution in [0.5, 0.6) is 0 Å². The van der Waals surface area contributed by atoms with Crippen molar-refractivity contribution in [1.82, 2.24) is 10.6 Å². The van der Waals surface area contributed by atoms with Gasteiger partial charge in [0.05, 0.1) is 5.41 Å². The minimum absolute atomic E-state index is 0.0997. The van der Waals surface area contributed by atoms with Gasteiger partial charge in [-0.05, 0) is 20.3 Å². The first kappa shape index (κ1) is 18.4. The second-order valence-corrected chi connectivity index (χ2v) is 6.54. The molecule has 0 saturated heterocycles. The molecule has 116 valence electrons. The Morgan fingerprint density at radius 1 is 0.950 bits per heavy atom. The van der Waals surface area contributed by atoms with Gasteiger partial charge in [-0.1, -0.05) is 20.8 Å². The Kier molecular flexibility index (Phi) is 6.68. The fraction of sp³-hybridized carbons (Fsp3) is 0.786. The number of rotatable bonds is 7. The Hall–Kier alpha value is -1.59. The van der Waals surface area contributed by atoms with Gasteiger partial charge in [0.2, 0.25) is 11.8 Å². The van der Waals surface area contributed by atoms with Crippen LogP contribution >= 0.6 is 0 Å². The average Bonchev–Trinajstić information content (AvgIpc) is 2.27. The number of carboxylic acids is 1. The van der Waals surface area contributed by atoms with Crippen LogP contribution in [-0.2, 0) is 14.4 Å². The number of carbonyl (C=O) groups is 3. The molecule has 6 nitrogen and oxygen atoms in total. The van der Waals surface area contributed by atoms with Crippen LogP contribution in [0.4, 0.5) is 0 Å². The smallest absolute Gasteiger partial charge is 0.309 e. The Bertz CT molecular complexity index is 370. The lowest BCUT2D eigenvalue weighted by molar-refractivity contribution is -0.147. The van der Waals surface area contributed by atoms with Gasteiger partial charge in [-0.15, -0.1) is 0 Å². The topological polar surface area (TPSA) is 95.5 Å². The van der Waals surface area contributed by atoms with Crippen LogP contribution in [0, 0.1) is 10.8 Å². The van der Waals surface area contributed by atoms with Gasteiger partial charge in [-0.3, -0.25) is 14.4 Å². The van der Waals surface area contributed by atoms with Crippen LogP contribution in [0.1, 0.15) is 47.5 Å². The molecule has 0 aromatic rings. The molecule has 0 aromatic carbocycles. The number of hydrogen-bond acceptors (Lipinski definition) is 3. The van der Waals surface area contributed by atoms with E-state index in [9.17, 15) is 14.4 Å². The maximum Gasteiger partial charge on any atom is 0.309 e. The van der Waals surface area contributed by atoms with E-state index in [0.29, 0.717) is 13.0 Å². The summed E-state index contributed by atoms with van der Waals surface area (Å²) < 4.78 is 0. The highest BCUT2D eigenvalue weighted by Crippen LogP contribution is 2.19. The van der Waals surface area contributed by atoms with E-state index in [4.69, 9.17) is 5.11 Å². The molecule has 3 N–H and O–H groups in total. The van der Waals surface area contributed by atoms with Crippen LogP contribution in [0.25, 0.3) is 0 Å². The van der Waals surface area contributed by atoms with E-state index in [1.165, 1.54) is 0 Å². The monoisotopic (exact) mass is 286 g/mol. The van der Waals surface area contributed by atoms with Gasteiger partial charge in [0.1, 0.15) is 0 Å². The van der Waals surface area contributed by atoms with Crippen LogP contribution in [0.2, 0.25) is 0 Å². The highest BCUT2D eigenvalue weighted by atomic mass is 16.4. The largest absolute Gasteiger partial charge is 0.481 e. The number of aliphatic carboxylic acids is 1. The number of carboxylic acid groups (broad SMARTS) is 1. The number of nitrogens with one attached hydrogen (secondary N) is 2. The Morgan fingerprint density at radius 2 is 1.50 bits per heavy atom. The quantitative estimate of drug-likeness (QED) is 0.654. The van der Waals surface area contributed by atoms with Crippen molar-refractivity contribution in [3.05, 3.63) is 0 Å². The van der Waals surface area contributed by atoms with Gasteiger partial charge in [0, 0.05) is 24.9 Å². The summed E-state index contributed by atoms with van der Waals surface area (Å²) in [4.78, 5) is 34.0. The SMILES string of the molecule is CC(C)(C)C(=O)NCCC(=O)NCCC(C)(C)C(=O)O. The summed E-state index contributed by atoms with van der Waals surface area (Å²) in [5.74, 6) is -1.18. The molecule has 0 fully saturated rings. The second-order valence-electron chi connectivity index (χ2n) is 6.54. The molecule has 0 atom stereocenters. The molecule has 0 heterocycles. The van der Waals surface area contributed by atoms with Gasteiger partial charge in [0.25, 0.3) is 0 Å². The van der Waals surface area contributed by atoms with Gasteiger partial charge in [-0.2, -0.15) is 0 Å². The van der Waals surface area contributed by atoms with Crippen molar-refractivity contribution in [2.75, 3.05) is 13.1 Å². The van der Waals surface area contributed by atoms with Gasteiger partial charge in [0.15, 0.2) is 0 Å². The van der Waals surface area contributed by atoms with Crippen LogP contribution in [0.3, 0.4) is 0 Å². The summed E-state index contributed by atoms with van der Waals surface area (Å²) in [6.45, 7) is 9.23. The lowest BCUT2D eigenvalue weighted by Gasteiger charge is -2.19. The van der Waals surface area contributed by atoms with E-state index < -0.39 is 16.8 Å². The van der Waals surface area contributed by atoms with Gasteiger partial charge < -0.3 is 15.7 Å². The third-order valence-corrected chi connectivity index (χ3v) is 2.97. The normalized spacial score (nSPS) is 11.8. The summed E-state index contributed by atoms with van der Waals surface area (Å²) in [6, 6.07) is 0. The lowest BCUT2D eigenvalue weighted by atomic mass is 9.90. The van der Waals surface area contributed by atoms with Gasteiger partial charge >= 0.3 is 5.97 Å². The van der Waals surface area contributed by atoms with Crippen molar-refractivity contribution >= 4 is 17.8 Å².